The van der Waals surface area contributed by atoms with Crippen LogP contribution in [0.2, 0.25) is 0 Å². The van der Waals surface area contributed by atoms with Crippen LogP contribution in [0.4, 0.5) is 0 Å². The molecule has 0 aromatic heterocycles. The molecule has 0 aromatic rings. The Kier molecular flexibility index (Phi) is 71.4. The molecule has 0 amide bonds. The normalized spacial score (nSPS) is 9.08. The summed E-state index contributed by atoms with van der Waals surface area (Å²) in [7, 11) is 0. The van der Waals surface area contributed by atoms with Crippen LogP contribution in [0.3, 0.4) is 0 Å². The molecule has 0 unspecified atom stereocenters. The van der Waals surface area contributed by atoms with Crippen molar-refractivity contribution in [2.45, 2.75) is 0 Å². The van der Waals surface area contributed by atoms with Gasteiger partial charge in [-0.3, -0.25) is 0 Å². The van der Waals surface area contributed by atoms with E-state index in [4.69, 9.17) is 64.1 Å². The molecule has 16 nitrogen and oxygen atoms in total. The van der Waals surface area contributed by atoms with Crippen LogP contribution in [0.1, 0.15) is 0 Å². The minimum absolute atomic E-state index is 0. The predicted molar refractivity (Wildman–Crippen MR) is 25.8 cm³/mol. The van der Waals surface area contributed by atoms with E-state index in [0.29, 0.717) is 0 Å². The molecule has 0 spiro atoms. The molecule has 0 heterocycles. The van der Waals surface area contributed by atoms with Crippen molar-refractivity contribution in [2.75, 3.05) is 0 Å². The van der Waals surface area contributed by atoms with Crippen molar-refractivity contribution in [1.82, 2.24) is 0 Å². The quantitative estimate of drug-likeness (QED) is 0.204. The van der Waals surface area contributed by atoms with E-state index in [-0.39, 0.29) is 110 Å². The van der Waals surface area contributed by atoms with Gasteiger partial charge < -0.3 is 0 Å². The van der Waals surface area contributed by atoms with Gasteiger partial charge in [0.05, 0.1) is 0 Å². The van der Waals surface area contributed by atoms with E-state index < -0.39 is 58.1 Å². The summed E-state index contributed by atoms with van der Waals surface area (Å²) in [6.45, 7) is 0. The SMILES string of the molecule is O=[As]([O-])([O-])[O-].O=[As]([O-])([O-])[O-].O=[As]([O-])([O-])[O-].O=[As]([O-])([O-])[O-].[Cu+2].[Cu+2].[Cu+2].[Zn+2].[Zn+2].[Zn+2]. The summed E-state index contributed by atoms with van der Waals surface area (Å²) in [6, 6.07) is 0. The van der Waals surface area contributed by atoms with Gasteiger partial charge in [0.25, 0.3) is 0 Å². The Bertz CT molecular complexity index is 305. The second kappa shape index (κ2) is 29.4. The summed E-state index contributed by atoms with van der Waals surface area (Å²) in [5, 5.41) is 0. The van der Waals surface area contributed by atoms with E-state index in [1.54, 1.807) is 0 Å². The van der Waals surface area contributed by atoms with Crippen LogP contribution in [0, 0.1) is 0 Å². The minimum atomic E-state index is -5.88. The van der Waals surface area contributed by atoms with Crippen molar-refractivity contribution in [3.63, 3.8) is 0 Å². The molecule has 0 aliphatic heterocycles. The Hall–Kier alpha value is 4.38. The van der Waals surface area contributed by atoms with Gasteiger partial charge in [-0.05, 0) is 0 Å². The van der Waals surface area contributed by atoms with Gasteiger partial charge in [-0.25, -0.2) is 0 Å². The van der Waals surface area contributed by atoms with Crippen LogP contribution in [-0.4, -0.2) is 58.1 Å². The predicted octanol–water partition coefficient (Wildman–Crippen LogP) is -16.3. The third-order valence-electron chi connectivity index (χ3n) is 0. The average Bonchev–Trinajstić information content (AvgIpc) is 1.62. The minimum Gasteiger partial charge on any atom is 2.00 e. The Morgan fingerprint density at radius 2 is 0.308 bits per heavy atom. The van der Waals surface area contributed by atoms with Crippen molar-refractivity contribution < 1.29 is 174 Å². The van der Waals surface area contributed by atoms with E-state index in [1.165, 1.54) is 0 Å². The van der Waals surface area contributed by atoms with Crippen LogP contribution < -0.4 is 49.1 Å². The molecule has 0 saturated carbocycles. The zero-order chi connectivity index (χ0) is 18.0. The molecule has 0 aromatic carbocycles. The molecule has 0 aliphatic rings. The Morgan fingerprint density at radius 3 is 0.308 bits per heavy atom. The van der Waals surface area contributed by atoms with Crippen LogP contribution in [-0.2, 0) is 125 Å². The summed E-state index contributed by atoms with van der Waals surface area (Å²) >= 11 is -23.5. The van der Waals surface area contributed by atoms with Crippen molar-refractivity contribution in [1.29, 1.82) is 0 Å². The monoisotopic (exact) mass is 936 g/mol. The molecule has 26 heavy (non-hydrogen) atoms. The van der Waals surface area contributed by atoms with E-state index in [1.807, 2.05) is 0 Å². The first-order chi connectivity index (χ1) is 8.00. The number of hydrogen-bond acceptors (Lipinski definition) is 16. The zero-order valence-electron chi connectivity index (χ0n) is 11.3. The maximum Gasteiger partial charge on any atom is 2.00 e. The Labute approximate surface area is 228 Å². The largest absolute Gasteiger partial charge is 2.00 e. The van der Waals surface area contributed by atoms with Crippen molar-refractivity contribution in [3.05, 3.63) is 0 Å². The first-order valence-corrected chi connectivity index (χ1v) is 15.2. The van der Waals surface area contributed by atoms with Crippen molar-refractivity contribution >= 4 is 58.1 Å². The van der Waals surface area contributed by atoms with Crippen LogP contribution in [0.5, 0.6) is 0 Å². The topological polar surface area (TPSA) is 345 Å². The first kappa shape index (κ1) is 63.1. The van der Waals surface area contributed by atoms with Crippen molar-refractivity contribution in [2.24, 2.45) is 0 Å². The summed E-state index contributed by atoms with van der Waals surface area (Å²) in [4.78, 5) is 0. The van der Waals surface area contributed by atoms with Crippen LogP contribution in [0.25, 0.3) is 0 Å². The smallest absolute Gasteiger partial charge is 2.00 e. The Balaban J connectivity index is -0.0000000152. The molecular weight excluding hydrogens is 942 g/mol. The van der Waals surface area contributed by atoms with E-state index in [9.17, 15) is 0 Å². The zero-order valence-corrected chi connectivity index (χ0v) is 30.6. The summed E-state index contributed by atoms with van der Waals surface area (Å²) in [5.41, 5.74) is 0. The van der Waals surface area contributed by atoms with E-state index in [2.05, 4.69) is 0 Å². The second-order valence-corrected chi connectivity index (χ2v) is 9.30. The standard InChI is InChI=1S/4AsH3O4.3Cu.3Zn/c4*2-1(3,4)5;;;;;;/h4*(H3,2,3,4,5);;;;;;/q;;;;6*+2/p-12. The fourth-order valence-corrected chi connectivity index (χ4v) is 0. The van der Waals surface area contributed by atoms with Gasteiger partial charge in [0.1, 0.15) is 0 Å². The molecule has 0 N–H and O–H groups in total. The molecular formula is As4Cu3O16Zn3. The number of hydrogen-bond donors (Lipinski definition) is 0. The van der Waals surface area contributed by atoms with Gasteiger partial charge in [0.2, 0.25) is 0 Å². The maximum atomic E-state index is 8.61. The van der Waals surface area contributed by atoms with Gasteiger partial charge in [-0.15, -0.1) is 0 Å². The fourth-order valence-electron chi connectivity index (χ4n) is 0. The van der Waals surface area contributed by atoms with Gasteiger partial charge in [0, 0.05) is 0 Å². The fraction of sp³-hybridized carbons (Fsp3) is 0. The Morgan fingerprint density at radius 1 is 0.308 bits per heavy atom. The summed E-state index contributed by atoms with van der Waals surface area (Å²) < 4.78 is 138. The first-order valence-electron chi connectivity index (χ1n) is 2.92. The molecule has 0 saturated heterocycles. The van der Waals surface area contributed by atoms with E-state index in [0.717, 1.165) is 0 Å². The second-order valence-electron chi connectivity index (χ2n) is 1.79. The van der Waals surface area contributed by atoms with Gasteiger partial charge in [-0.2, -0.15) is 0 Å². The molecule has 0 atom stereocenters. The van der Waals surface area contributed by atoms with Gasteiger partial charge in [0.15, 0.2) is 0 Å². The molecule has 3 radical (unpaired) electrons. The molecule has 26 heteroatoms. The van der Waals surface area contributed by atoms with Crippen molar-refractivity contribution in [3.8, 4) is 0 Å². The molecule has 0 fully saturated rings. The van der Waals surface area contributed by atoms with Gasteiger partial charge in [-0.1, -0.05) is 0 Å². The number of rotatable bonds is 0. The summed E-state index contributed by atoms with van der Waals surface area (Å²) in [5.74, 6) is 0. The van der Waals surface area contributed by atoms with E-state index >= 15 is 0 Å². The molecule has 0 aliphatic carbocycles. The van der Waals surface area contributed by atoms with Gasteiger partial charge >= 0.3 is 232 Å². The molecule has 0 bridgehead atoms. The molecule has 155 valence electrons. The van der Waals surface area contributed by atoms with Crippen LogP contribution >= 0.6 is 0 Å². The third-order valence-corrected chi connectivity index (χ3v) is 0. The summed E-state index contributed by atoms with van der Waals surface area (Å²) in [6.07, 6.45) is 0. The average molecular weight is 942 g/mol. The van der Waals surface area contributed by atoms with Crippen LogP contribution in [0.15, 0.2) is 0 Å². The third kappa shape index (κ3) is 1110. The molecule has 0 rings (SSSR count). The maximum absolute atomic E-state index is 8.61.